The number of hydrogen-bond donors (Lipinski definition) is 0. The maximum atomic E-state index is 12.7. The third kappa shape index (κ3) is 4.47. The van der Waals surface area contributed by atoms with Crippen LogP contribution >= 0.6 is 0 Å². The van der Waals surface area contributed by atoms with E-state index in [1.54, 1.807) is 7.11 Å². The van der Waals surface area contributed by atoms with E-state index in [2.05, 4.69) is 10.2 Å². The SMILES string of the molecule is COc1ccccc1CC(=O)N1CCCC(Oc2ccc(C)nn2)C1. The molecule has 3 rings (SSSR count). The maximum Gasteiger partial charge on any atom is 0.233 e. The summed E-state index contributed by atoms with van der Waals surface area (Å²) in [5, 5.41) is 8.04. The smallest absolute Gasteiger partial charge is 0.233 e. The number of nitrogens with zero attached hydrogens (tertiary/aromatic N) is 3. The van der Waals surface area contributed by atoms with Crippen molar-refractivity contribution in [2.75, 3.05) is 20.2 Å². The standard InChI is InChI=1S/C19H23N3O3/c1-14-9-10-18(21-20-14)25-16-7-5-11-22(13-16)19(23)12-15-6-3-4-8-17(15)24-2/h3-4,6,8-10,16H,5,7,11-13H2,1-2H3. The van der Waals surface area contributed by atoms with Crippen LogP contribution < -0.4 is 9.47 Å². The van der Waals surface area contributed by atoms with Crippen molar-refractivity contribution in [3.8, 4) is 11.6 Å². The molecule has 2 aromatic rings. The van der Waals surface area contributed by atoms with Crippen LogP contribution in [-0.2, 0) is 11.2 Å². The van der Waals surface area contributed by atoms with Crippen molar-refractivity contribution in [1.29, 1.82) is 0 Å². The highest BCUT2D eigenvalue weighted by Gasteiger charge is 2.25. The Bertz CT molecular complexity index is 718. The Morgan fingerprint density at radius 3 is 2.84 bits per heavy atom. The number of methoxy groups -OCH3 is 1. The zero-order chi connectivity index (χ0) is 17.6. The van der Waals surface area contributed by atoms with Gasteiger partial charge < -0.3 is 14.4 Å². The van der Waals surface area contributed by atoms with E-state index >= 15 is 0 Å². The summed E-state index contributed by atoms with van der Waals surface area (Å²) in [6, 6.07) is 11.3. The quantitative estimate of drug-likeness (QED) is 0.836. The van der Waals surface area contributed by atoms with Gasteiger partial charge in [-0.15, -0.1) is 5.10 Å². The number of para-hydroxylation sites is 1. The summed E-state index contributed by atoms with van der Waals surface area (Å²) in [5.74, 6) is 1.35. The number of amides is 1. The van der Waals surface area contributed by atoms with Gasteiger partial charge in [-0.2, -0.15) is 5.10 Å². The molecular formula is C19H23N3O3. The molecule has 1 amide bonds. The van der Waals surface area contributed by atoms with Gasteiger partial charge in [-0.1, -0.05) is 18.2 Å². The van der Waals surface area contributed by atoms with E-state index < -0.39 is 0 Å². The highest BCUT2D eigenvalue weighted by Crippen LogP contribution is 2.21. The fourth-order valence-electron chi connectivity index (χ4n) is 3.00. The molecule has 0 N–H and O–H groups in total. The number of aryl methyl sites for hydroxylation is 1. The largest absolute Gasteiger partial charge is 0.496 e. The molecule has 0 aliphatic carbocycles. The minimum Gasteiger partial charge on any atom is -0.496 e. The maximum absolute atomic E-state index is 12.7. The van der Waals surface area contributed by atoms with Crippen molar-refractivity contribution in [2.24, 2.45) is 0 Å². The van der Waals surface area contributed by atoms with E-state index in [4.69, 9.17) is 9.47 Å². The minimum absolute atomic E-state index is 0.0487. The monoisotopic (exact) mass is 341 g/mol. The van der Waals surface area contributed by atoms with Crippen molar-refractivity contribution in [2.45, 2.75) is 32.3 Å². The van der Waals surface area contributed by atoms with Gasteiger partial charge in [0.1, 0.15) is 11.9 Å². The van der Waals surface area contributed by atoms with Crippen molar-refractivity contribution >= 4 is 5.91 Å². The molecule has 1 atom stereocenters. The zero-order valence-corrected chi connectivity index (χ0v) is 14.6. The lowest BCUT2D eigenvalue weighted by atomic mass is 10.1. The first-order chi connectivity index (χ1) is 12.2. The van der Waals surface area contributed by atoms with Crippen molar-refractivity contribution in [3.05, 3.63) is 47.7 Å². The summed E-state index contributed by atoms with van der Waals surface area (Å²) in [4.78, 5) is 14.5. The van der Waals surface area contributed by atoms with Gasteiger partial charge in [-0.05, 0) is 31.9 Å². The lowest BCUT2D eigenvalue weighted by molar-refractivity contribution is -0.133. The molecule has 6 nitrogen and oxygen atoms in total. The number of carbonyl (C=O) groups excluding carboxylic acids is 1. The first-order valence-electron chi connectivity index (χ1n) is 8.52. The van der Waals surface area contributed by atoms with E-state index in [1.165, 1.54) is 0 Å². The highest BCUT2D eigenvalue weighted by molar-refractivity contribution is 5.79. The highest BCUT2D eigenvalue weighted by atomic mass is 16.5. The molecule has 1 aliphatic heterocycles. The van der Waals surface area contributed by atoms with Gasteiger partial charge in [0.25, 0.3) is 0 Å². The fourth-order valence-corrected chi connectivity index (χ4v) is 3.00. The number of carbonyl (C=O) groups is 1. The van der Waals surface area contributed by atoms with Gasteiger partial charge in [-0.3, -0.25) is 4.79 Å². The summed E-state index contributed by atoms with van der Waals surface area (Å²) in [6.07, 6.45) is 2.11. The number of aromatic nitrogens is 2. The second-order valence-electron chi connectivity index (χ2n) is 6.22. The summed E-state index contributed by atoms with van der Waals surface area (Å²) in [5.41, 5.74) is 1.76. The zero-order valence-electron chi connectivity index (χ0n) is 14.6. The Balaban J connectivity index is 1.60. The average Bonchev–Trinajstić information content (AvgIpc) is 2.64. The first kappa shape index (κ1) is 17.2. The first-order valence-corrected chi connectivity index (χ1v) is 8.52. The van der Waals surface area contributed by atoms with Gasteiger partial charge in [0, 0.05) is 18.2 Å². The second kappa shape index (κ2) is 7.96. The van der Waals surface area contributed by atoms with Crippen LogP contribution in [0.25, 0.3) is 0 Å². The number of hydrogen-bond acceptors (Lipinski definition) is 5. The molecule has 1 aliphatic rings. The third-order valence-corrected chi connectivity index (χ3v) is 4.33. The van der Waals surface area contributed by atoms with Gasteiger partial charge >= 0.3 is 0 Å². The van der Waals surface area contributed by atoms with Crippen LogP contribution in [0.5, 0.6) is 11.6 Å². The molecule has 1 saturated heterocycles. The molecule has 0 saturated carbocycles. The van der Waals surface area contributed by atoms with Crippen LogP contribution in [0.4, 0.5) is 0 Å². The lowest BCUT2D eigenvalue weighted by Gasteiger charge is -2.32. The lowest BCUT2D eigenvalue weighted by Crippen LogP contribution is -2.45. The normalized spacial score (nSPS) is 17.2. The number of likely N-dealkylation sites (tertiary alicyclic amines) is 1. The molecule has 132 valence electrons. The van der Waals surface area contributed by atoms with Gasteiger partial charge in [-0.25, -0.2) is 0 Å². The number of rotatable bonds is 5. The van der Waals surface area contributed by atoms with Crippen molar-refractivity contribution < 1.29 is 14.3 Å². The van der Waals surface area contributed by atoms with Crippen molar-refractivity contribution in [3.63, 3.8) is 0 Å². The molecule has 1 fully saturated rings. The number of ether oxygens (including phenoxy) is 2. The third-order valence-electron chi connectivity index (χ3n) is 4.33. The predicted octanol–water partition coefficient (Wildman–Crippen LogP) is 2.41. The molecule has 0 radical (unpaired) electrons. The summed E-state index contributed by atoms with van der Waals surface area (Å²) >= 11 is 0. The average molecular weight is 341 g/mol. The number of benzene rings is 1. The Labute approximate surface area is 147 Å². The summed E-state index contributed by atoms with van der Waals surface area (Å²) in [6.45, 7) is 3.21. The summed E-state index contributed by atoms with van der Waals surface area (Å²) in [7, 11) is 1.62. The van der Waals surface area contributed by atoms with Crippen LogP contribution in [0.2, 0.25) is 0 Å². The fraction of sp³-hybridized carbons (Fsp3) is 0.421. The molecule has 0 spiro atoms. The Morgan fingerprint density at radius 1 is 1.24 bits per heavy atom. The minimum atomic E-state index is -0.0487. The van der Waals surface area contributed by atoms with Crippen LogP contribution in [0.1, 0.15) is 24.1 Å². The molecule has 1 aromatic heterocycles. The van der Waals surface area contributed by atoms with Gasteiger partial charge in [0.2, 0.25) is 11.8 Å². The Kier molecular flexibility index (Phi) is 5.48. The van der Waals surface area contributed by atoms with Crippen LogP contribution in [0.3, 0.4) is 0 Å². The van der Waals surface area contributed by atoms with Crippen LogP contribution in [0, 0.1) is 6.92 Å². The molecule has 1 aromatic carbocycles. The molecule has 2 heterocycles. The van der Waals surface area contributed by atoms with E-state index in [-0.39, 0.29) is 12.0 Å². The Hall–Kier alpha value is -2.63. The van der Waals surface area contributed by atoms with Gasteiger partial charge in [0.05, 0.1) is 25.8 Å². The summed E-state index contributed by atoms with van der Waals surface area (Å²) < 4.78 is 11.2. The molecule has 6 heteroatoms. The van der Waals surface area contributed by atoms with Crippen LogP contribution in [-0.4, -0.2) is 47.3 Å². The van der Waals surface area contributed by atoms with Crippen LogP contribution in [0.15, 0.2) is 36.4 Å². The van der Waals surface area contributed by atoms with E-state index in [9.17, 15) is 4.79 Å². The predicted molar refractivity (Wildman–Crippen MR) is 93.7 cm³/mol. The van der Waals surface area contributed by atoms with E-state index in [1.807, 2.05) is 48.2 Å². The second-order valence-corrected chi connectivity index (χ2v) is 6.22. The van der Waals surface area contributed by atoms with E-state index in [0.29, 0.717) is 18.8 Å². The molecule has 0 bridgehead atoms. The van der Waals surface area contributed by atoms with Crippen molar-refractivity contribution in [1.82, 2.24) is 15.1 Å². The molecule has 1 unspecified atom stereocenters. The topological polar surface area (TPSA) is 64.5 Å². The van der Waals surface area contributed by atoms with E-state index in [0.717, 1.165) is 36.4 Å². The Morgan fingerprint density at radius 2 is 2.08 bits per heavy atom. The molecular weight excluding hydrogens is 318 g/mol. The number of piperidine rings is 1. The molecule has 25 heavy (non-hydrogen) atoms. The van der Waals surface area contributed by atoms with Gasteiger partial charge in [0.15, 0.2) is 0 Å².